The van der Waals surface area contributed by atoms with Gasteiger partial charge in [0.25, 0.3) is 5.91 Å². The minimum Gasteiger partial charge on any atom is -0.355 e. The maximum Gasteiger partial charge on any atom is 0.322 e. The van der Waals surface area contributed by atoms with Gasteiger partial charge >= 0.3 is 6.03 Å². The first-order valence-electron chi connectivity index (χ1n) is 9.43. The second kappa shape index (κ2) is 8.68. The van der Waals surface area contributed by atoms with Crippen molar-refractivity contribution in [2.75, 3.05) is 6.54 Å². The molecule has 2 aromatic carbocycles. The highest BCUT2D eigenvalue weighted by Gasteiger charge is 2.31. The van der Waals surface area contributed by atoms with Crippen LogP contribution >= 0.6 is 0 Å². The Hall–Kier alpha value is -3.48. The molecular weight excluding hydrogens is 370 g/mol. The summed E-state index contributed by atoms with van der Waals surface area (Å²) in [6, 6.07) is 14.1. The van der Waals surface area contributed by atoms with Crippen LogP contribution in [0.15, 0.2) is 48.5 Å². The molecule has 3 rings (SSSR count). The van der Waals surface area contributed by atoms with Crippen LogP contribution in [0.1, 0.15) is 42.1 Å². The number of urea groups is 1. The number of carbonyl (C=O) groups excluding carboxylic acids is 4. The van der Waals surface area contributed by atoms with E-state index in [0.29, 0.717) is 12.1 Å². The fraction of sp³-hybridized carbons (Fsp3) is 0.273. The fourth-order valence-corrected chi connectivity index (χ4v) is 3.17. The molecule has 2 unspecified atom stereocenters. The highest BCUT2D eigenvalue weighted by atomic mass is 16.2. The summed E-state index contributed by atoms with van der Waals surface area (Å²) in [6.07, 6.45) is -0.0876. The average Bonchev–Trinajstić information content (AvgIpc) is 3.03. The van der Waals surface area contributed by atoms with Crippen molar-refractivity contribution in [1.29, 1.82) is 0 Å². The molecule has 0 aliphatic carbocycles. The van der Waals surface area contributed by atoms with E-state index in [0.717, 1.165) is 16.7 Å². The topological polar surface area (TPSA) is 104 Å². The number of hydrogen-bond donors (Lipinski definition) is 3. The van der Waals surface area contributed by atoms with E-state index in [1.54, 1.807) is 13.0 Å². The van der Waals surface area contributed by atoms with Gasteiger partial charge in [-0.3, -0.25) is 19.7 Å². The summed E-state index contributed by atoms with van der Waals surface area (Å²) in [6.45, 7) is 3.96. The Morgan fingerprint density at radius 2 is 1.79 bits per heavy atom. The van der Waals surface area contributed by atoms with E-state index in [1.807, 2.05) is 49.4 Å². The van der Waals surface area contributed by atoms with Gasteiger partial charge in [0, 0.05) is 12.1 Å². The number of rotatable bonds is 7. The standard InChI is InChI=1S/C22H23N3O4/c1-13(12-23-20(27)11-19-21(28)25-22(29)24-19)15-6-8-16(9-7-15)18-5-3-4-17(10-18)14(2)26/h3-10,13,19H,11-12H2,1-2H3,(H,23,27)(H2,24,25,28,29). The lowest BCUT2D eigenvalue weighted by Crippen LogP contribution is -2.37. The fourth-order valence-electron chi connectivity index (χ4n) is 3.17. The number of carbonyl (C=O) groups is 4. The highest BCUT2D eigenvalue weighted by molar-refractivity contribution is 6.05. The van der Waals surface area contributed by atoms with Crippen LogP contribution in [0.4, 0.5) is 4.79 Å². The van der Waals surface area contributed by atoms with Crippen molar-refractivity contribution in [3.8, 4) is 11.1 Å². The zero-order valence-corrected chi connectivity index (χ0v) is 16.3. The second-order valence-corrected chi connectivity index (χ2v) is 7.18. The summed E-state index contributed by atoms with van der Waals surface area (Å²) in [5, 5.41) is 7.31. The van der Waals surface area contributed by atoms with E-state index in [4.69, 9.17) is 0 Å². The summed E-state index contributed by atoms with van der Waals surface area (Å²) in [4.78, 5) is 46.2. The zero-order chi connectivity index (χ0) is 21.0. The van der Waals surface area contributed by atoms with E-state index >= 15 is 0 Å². The van der Waals surface area contributed by atoms with E-state index in [-0.39, 0.29) is 24.0 Å². The van der Waals surface area contributed by atoms with Gasteiger partial charge in [-0.1, -0.05) is 49.4 Å². The molecule has 0 saturated carbocycles. The number of hydrogen-bond acceptors (Lipinski definition) is 4. The first kappa shape index (κ1) is 20.3. The Balaban J connectivity index is 1.56. The molecular formula is C22H23N3O4. The number of nitrogens with one attached hydrogen (secondary N) is 3. The maximum atomic E-state index is 12.0. The number of Topliss-reactive ketones (excluding diaryl/α,β-unsaturated/α-hetero) is 1. The third-order valence-corrected chi connectivity index (χ3v) is 4.94. The third-order valence-electron chi connectivity index (χ3n) is 4.94. The molecule has 7 nitrogen and oxygen atoms in total. The maximum absolute atomic E-state index is 12.0. The summed E-state index contributed by atoms with van der Waals surface area (Å²) in [5.41, 5.74) is 3.72. The largest absolute Gasteiger partial charge is 0.355 e. The normalized spacial score (nSPS) is 16.7. The van der Waals surface area contributed by atoms with Crippen LogP contribution in [0.5, 0.6) is 0 Å². The second-order valence-electron chi connectivity index (χ2n) is 7.18. The average molecular weight is 393 g/mol. The molecule has 29 heavy (non-hydrogen) atoms. The van der Waals surface area contributed by atoms with Crippen LogP contribution < -0.4 is 16.0 Å². The minimum absolute atomic E-state index is 0.0301. The van der Waals surface area contributed by atoms with Gasteiger partial charge in [0.2, 0.25) is 5.91 Å². The van der Waals surface area contributed by atoms with Gasteiger partial charge in [-0.2, -0.15) is 0 Å². The molecule has 2 aromatic rings. The predicted molar refractivity (Wildman–Crippen MR) is 108 cm³/mol. The van der Waals surface area contributed by atoms with Crippen molar-refractivity contribution in [3.63, 3.8) is 0 Å². The van der Waals surface area contributed by atoms with Crippen LogP contribution in [-0.2, 0) is 9.59 Å². The number of amides is 4. The number of benzene rings is 2. The molecule has 1 aliphatic heterocycles. The molecule has 0 spiro atoms. The van der Waals surface area contributed by atoms with Crippen molar-refractivity contribution in [2.45, 2.75) is 32.2 Å². The molecule has 2 atom stereocenters. The van der Waals surface area contributed by atoms with E-state index in [1.165, 1.54) is 0 Å². The first-order chi connectivity index (χ1) is 13.8. The van der Waals surface area contributed by atoms with Gasteiger partial charge in [0.1, 0.15) is 6.04 Å². The van der Waals surface area contributed by atoms with E-state index < -0.39 is 18.0 Å². The Morgan fingerprint density at radius 3 is 2.41 bits per heavy atom. The molecule has 1 aliphatic rings. The van der Waals surface area contributed by atoms with Crippen LogP contribution in [0.3, 0.4) is 0 Å². The minimum atomic E-state index is -0.817. The van der Waals surface area contributed by atoms with Crippen LogP contribution in [0.2, 0.25) is 0 Å². The Kier molecular flexibility index (Phi) is 6.07. The lowest BCUT2D eigenvalue weighted by molar-refractivity contribution is -0.126. The molecule has 1 saturated heterocycles. The van der Waals surface area contributed by atoms with Gasteiger partial charge in [-0.15, -0.1) is 0 Å². The highest BCUT2D eigenvalue weighted by Crippen LogP contribution is 2.23. The Bertz CT molecular complexity index is 953. The molecule has 7 heteroatoms. The SMILES string of the molecule is CC(=O)c1cccc(-c2ccc(C(C)CNC(=O)CC3NC(=O)NC3=O)cc2)c1. The quantitative estimate of drug-likeness (QED) is 0.496. The van der Waals surface area contributed by atoms with Crippen molar-refractivity contribution in [3.05, 3.63) is 59.7 Å². The predicted octanol–water partition coefficient (Wildman–Crippen LogP) is 2.37. The molecule has 0 bridgehead atoms. The summed E-state index contributed by atoms with van der Waals surface area (Å²) in [5.74, 6) is -0.675. The van der Waals surface area contributed by atoms with Crippen LogP contribution in [-0.4, -0.2) is 36.2 Å². The van der Waals surface area contributed by atoms with Gasteiger partial charge in [0.15, 0.2) is 5.78 Å². The monoisotopic (exact) mass is 393 g/mol. The molecule has 150 valence electrons. The van der Waals surface area contributed by atoms with Crippen LogP contribution in [0.25, 0.3) is 11.1 Å². The molecule has 0 radical (unpaired) electrons. The van der Waals surface area contributed by atoms with Crippen molar-refractivity contribution >= 4 is 23.6 Å². The van der Waals surface area contributed by atoms with Gasteiger partial charge < -0.3 is 10.6 Å². The van der Waals surface area contributed by atoms with Crippen molar-refractivity contribution < 1.29 is 19.2 Å². The molecule has 4 amide bonds. The van der Waals surface area contributed by atoms with Gasteiger partial charge in [-0.05, 0) is 35.6 Å². The van der Waals surface area contributed by atoms with E-state index in [2.05, 4.69) is 16.0 Å². The molecule has 1 fully saturated rings. The summed E-state index contributed by atoms with van der Waals surface area (Å²) < 4.78 is 0. The first-order valence-corrected chi connectivity index (χ1v) is 9.43. The molecule has 1 heterocycles. The smallest absolute Gasteiger partial charge is 0.322 e. The molecule has 3 N–H and O–H groups in total. The van der Waals surface area contributed by atoms with Gasteiger partial charge in [-0.25, -0.2) is 4.79 Å². The lowest BCUT2D eigenvalue weighted by atomic mass is 9.96. The Labute approximate surface area is 168 Å². The third kappa shape index (κ3) is 5.07. The summed E-state index contributed by atoms with van der Waals surface area (Å²) >= 11 is 0. The Morgan fingerprint density at radius 1 is 1.07 bits per heavy atom. The van der Waals surface area contributed by atoms with Gasteiger partial charge in [0.05, 0.1) is 6.42 Å². The zero-order valence-electron chi connectivity index (χ0n) is 16.3. The van der Waals surface area contributed by atoms with Crippen molar-refractivity contribution in [2.24, 2.45) is 0 Å². The van der Waals surface area contributed by atoms with Crippen molar-refractivity contribution in [1.82, 2.24) is 16.0 Å². The molecule has 0 aromatic heterocycles. The number of ketones is 1. The number of imide groups is 1. The van der Waals surface area contributed by atoms with Crippen LogP contribution in [0, 0.1) is 0 Å². The lowest BCUT2D eigenvalue weighted by Gasteiger charge is -2.15. The van der Waals surface area contributed by atoms with E-state index in [9.17, 15) is 19.2 Å². The summed E-state index contributed by atoms with van der Waals surface area (Å²) in [7, 11) is 0.